The van der Waals surface area contributed by atoms with Gasteiger partial charge in [-0.1, -0.05) is 392 Å². The summed E-state index contributed by atoms with van der Waals surface area (Å²) in [5, 5.41) is 14.1. The minimum atomic E-state index is -4.36. The molecule has 95 heavy (non-hydrogen) atoms. The zero-order chi connectivity index (χ0) is 69.0. The fourth-order valence-electron chi connectivity index (χ4n) is 11.7. The summed E-state index contributed by atoms with van der Waals surface area (Å²) in [7, 11) is 1.57. The van der Waals surface area contributed by atoms with Crippen LogP contribution in [-0.4, -0.2) is 73.4 Å². The number of carbonyl (C=O) groups is 1. The number of aliphatic hydroxyl groups is 1. The third-order valence-corrected chi connectivity index (χ3v) is 18.9. The van der Waals surface area contributed by atoms with Gasteiger partial charge in [-0.15, -0.1) is 0 Å². The molecule has 550 valence electrons. The molecule has 0 spiro atoms. The summed E-state index contributed by atoms with van der Waals surface area (Å²) in [5.41, 5.74) is 0. The number of unbranched alkanes of at least 4 members (excludes halogenated alkanes) is 43. The minimum Gasteiger partial charge on any atom is -0.387 e. The highest BCUT2D eigenvalue weighted by molar-refractivity contribution is 7.47. The largest absolute Gasteiger partial charge is 0.472 e. The Morgan fingerprint density at radius 3 is 0.926 bits per heavy atom. The van der Waals surface area contributed by atoms with E-state index in [2.05, 4.69) is 129 Å². The summed E-state index contributed by atoms with van der Waals surface area (Å²) in [6, 6.07) is -0.856. The van der Waals surface area contributed by atoms with Gasteiger partial charge in [0.1, 0.15) is 13.2 Å². The molecule has 0 radical (unpaired) electrons. The second kappa shape index (κ2) is 75.1. The Morgan fingerprint density at radius 2 is 0.632 bits per heavy atom. The first-order chi connectivity index (χ1) is 46.5. The van der Waals surface area contributed by atoms with Crippen LogP contribution >= 0.6 is 7.82 Å². The number of aliphatic hydroxyl groups excluding tert-OH is 1. The van der Waals surface area contributed by atoms with E-state index in [4.69, 9.17) is 9.05 Å². The summed E-state index contributed by atoms with van der Waals surface area (Å²) in [6.07, 6.45) is 112. The Labute approximate surface area is 590 Å². The Bertz CT molecular complexity index is 1970. The van der Waals surface area contributed by atoms with Crippen molar-refractivity contribution < 1.29 is 32.9 Å². The van der Waals surface area contributed by atoms with E-state index in [9.17, 15) is 19.4 Å². The maximum Gasteiger partial charge on any atom is 0.472 e. The molecule has 0 aromatic heterocycles. The average Bonchev–Trinajstić information content (AvgIpc) is 2.01. The smallest absolute Gasteiger partial charge is 0.387 e. The summed E-state index contributed by atoms with van der Waals surface area (Å²) in [5.74, 6) is -0.177. The first kappa shape index (κ1) is 91.9. The monoisotopic (exact) mass is 1340 g/mol. The fraction of sp³-hybridized carbons (Fsp3) is 0.756. The highest BCUT2D eigenvalue weighted by atomic mass is 31.2. The van der Waals surface area contributed by atoms with Crippen molar-refractivity contribution in [3.05, 3.63) is 122 Å². The molecule has 0 rings (SSSR count). The number of amides is 1. The second-order valence-electron chi connectivity index (χ2n) is 28.4. The first-order valence-corrected chi connectivity index (χ1v) is 41.9. The van der Waals surface area contributed by atoms with Crippen molar-refractivity contribution in [2.45, 2.75) is 379 Å². The van der Waals surface area contributed by atoms with E-state index in [0.717, 1.165) is 96.3 Å². The molecule has 0 saturated heterocycles. The van der Waals surface area contributed by atoms with Crippen LogP contribution in [0.4, 0.5) is 0 Å². The predicted octanol–water partition coefficient (Wildman–Crippen LogP) is 26.7. The molecule has 0 aliphatic carbocycles. The van der Waals surface area contributed by atoms with Crippen LogP contribution in [0.5, 0.6) is 0 Å². The van der Waals surface area contributed by atoms with Crippen LogP contribution in [0.3, 0.4) is 0 Å². The van der Waals surface area contributed by atoms with Gasteiger partial charge in [0.15, 0.2) is 0 Å². The van der Waals surface area contributed by atoms with Crippen LogP contribution < -0.4 is 5.32 Å². The van der Waals surface area contributed by atoms with Crippen molar-refractivity contribution >= 4 is 13.7 Å². The number of phosphoric acid groups is 1. The van der Waals surface area contributed by atoms with Crippen molar-refractivity contribution in [1.29, 1.82) is 0 Å². The molecule has 0 aromatic rings. The highest BCUT2D eigenvalue weighted by Crippen LogP contribution is 2.43. The van der Waals surface area contributed by atoms with Crippen molar-refractivity contribution in [3.8, 4) is 0 Å². The van der Waals surface area contributed by atoms with E-state index in [1.807, 2.05) is 27.2 Å². The molecule has 3 N–H and O–H groups in total. The number of allylic oxidation sites excluding steroid dienone is 19. The molecule has 1 amide bonds. The van der Waals surface area contributed by atoms with Crippen LogP contribution in [0.15, 0.2) is 122 Å². The number of hydrogen-bond acceptors (Lipinski definition) is 5. The van der Waals surface area contributed by atoms with Gasteiger partial charge >= 0.3 is 7.82 Å². The Kier molecular flexibility index (Phi) is 72.7. The van der Waals surface area contributed by atoms with E-state index in [-0.39, 0.29) is 19.1 Å². The Hall–Kier alpha value is -3.10. The zero-order valence-electron chi connectivity index (χ0n) is 63.1. The van der Waals surface area contributed by atoms with E-state index >= 15 is 0 Å². The van der Waals surface area contributed by atoms with Crippen molar-refractivity contribution in [1.82, 2.24) is 5.32 Å². The van der Waals surface area contributed by atoms with Gasteiger partial charge in [-0.2, -0.15) is 0 Å². The van der Waals surface area contributed by atoms with Crippen molar-refractivity contribution in [3.63, 3.8) is 0 Å². The van der Waals surface area contributed by atoms with Gasteiger partial charge in [0.2, 0.25) is 5.91 Å². The van der Waals surface area contributed by atoms with Crippen LogP contribution in [0.1, 0.15) is 367 Å². The molecule has 0 aromatic carbocycles. The average molecular weight is 1350 g/mol. The topological polar surface area (TPSA) is 105 Å². The zero-order valence-corrected chi connectivity index (χ0v) is 64.0. The number of phosphoric ester groups is 1. The summed E-state index contributed by atoms with van der Waals surface area (Å²) >= 11 is 0. The second-order valence-corrected chi connectivity index (χ2v) is 29.9. The number of hydrogen-bond donors (Lipinski definition) is 3. The lowest BCUT2D eigenvalue weighted by Gasteiger charge is -2.25. The number of carbonyl (C=O) groups excluding carboxylic acids is 1. The Morgan fingerprint density at radius 1 is 0.368 bits per heavy atom. The highest BCUT2D eigenvalue weighted by Gasteiger charge is 2.28. The van der Waals surface area contributed by atoms with Crippen LogP contribution in [0, 0.1) is 0 Å². The third kappa shape index (κ3) is 78.1. The number of likely N-dealkylation sites (N-methyl/N-ethyl adjacent to an activating group) is 1. The molecule has 0 aliphatic heterocycles. The summed E-state index contributed by atoms with van der Waals surface area (Å²) < 4.78 is 23.9. The van der Waals surface area contributed by atoms with Crippen molar-refractivity contribution in [2.75, 3.05) is 40.9 Å². The lowest BCUT2D eigenvalue weighted by Crippen LogP contribution is -2.45. The maximum atomic E-state index is 13.1. The number of nitrogens with zero attached hydrogens (tertiary/aromatic N) is 1. The summed E-state index contributed by atoms with van der Waals surface area (Å²) in [6.45, 7) is 4.74. The van der Waals surface area contributed by atoms with Gasteiger partial charge < -0.3 is 19.8 Å². The maximum absolute atomic E-state index is 13.1. The molecule has 8 nitrogen and oxygen atoms in total. The van der Waals surface area contributed by atoms with Gasteiger partial charge in [0.25, 0.3) is 0 Å². The summed E-state index contributed by atoms with van der Waals surface area (Å²) in [4.78, 5) is 23.5. The number of nitrogens with one attached hydrogen (secondary N) is 1. The van der Waals surface area contributed by atoms with E-state index < -0.39 is 20.0 Å². The SMILES string of the molecule is CC/C=C\C/C=C\C/C=C\C/C=C\C/C=C\C/C=C\C/C=C\C/C=C\C/C=C\CCCCCCCCCCCCCCCC(=O)NC(COP(=O)(O)OCC[N+](C)(C)C)C(O)/C=C/CCCCCCCCCCCCCCCCCCCCCCCCCCCCCCCC. The first-order valence-electron chi connectivity index (χ1n) is 40.4. The molecule has 9 heteroatoms. The molecule has 3 atom stereocenters. The van der Waals surface area contributed by atoms with Crippen LogP contribution in [-0.2, 0) is 18.4 Å². The van der Waals surface area contributed by atoms with E-state index in [0.29, 0.717) is 17.4 Å². The minimum absolute atomic E-state index is 0.0579. The molecular weight excluding hydrogens is 1190 g/mol. The molecule has 0 aliphatic rings. The quantitative estimate of drug-likeness (QED) is 0.0243. The van der Waals surface area contributed by atoms with Gasteiger partial charge in [0, 0.05) is 6.42 Å². The van der Waals surface area contributed by atoms with Gasteiger partial charge in [0.05, 0.1) is 39.9 Å². The number of quaternary nitrogens is 1. The van der Waals surface area contributed by atoms with E-state index in [1.54, 1.807) is 6.08 Å². The number of rotatable bonds is 74. The molecular formula is C86H156N2O6P+. The molecule has 0 heterocycles. The Balaban J connectivity index is 4.02. The van der Waals surface area contributed by atoms with Crippen LogP contribution in [0.2, 0.25) is 0 Å². The lowest BCUT2D eigenvalue weighted by atomic mass is 10.0. The van der Waals surface area contributed by atoms with Crippen LogP contribution in [0.25, 0.3) is 0 Å². The molecule has 0 bridgehead atoms. The fourth-order valence-corrected chi connectivity index (χ4v) is 12.5. The van der Waals surface area contributed by atoms with Gasteiger partial charge in [-0.25, -0.2) is 4.57 Å². The molecule has 0 saturated carbocycles. The molecule has 0 fully saturated rings. The van der Waals surface area contributed by atoms with Gasteiger partial charge in [-0.3, -0.25) is 13.8 Å². The third-order valence-electron chi connectivity index (χ3n) is 17.9. The van der Waals surface area contributed by atoms with Gasteiger partial charge in [-0.05, 0) is 89.9 Å². The lowest BCUT2D eigenvalue weighted by molar-refractivity contribution is -0.870. The normalized spacial score (nSPS) is 14.1. The predicted molar refractivity (Wildman–Crippen MR) is 419 cm³/mol. The standard InChI is InChI=1S/C86H155N2O6P/c1-6-8-10-12-14-16-18-20-22-24-26-28-30-32-34-36-38-40-41-42-43-44-45-46-47-48-50-52-54-56-58-60-62-64-66-68-70-72-74-76-78-80-86(90)87-84(83-94-95(91,92)93-82-81-88(3,4)5)85(89)79-77-75-73-71-69-67-65-63-61-59-57-55-53-51-49-39-37-35-33-31-29-27-25-23-21-19-17-15-13-11-9-7-2/h8,10,14,16,20,22,26,28,32,34,38,40,42-43,45-46,48,50,77,79,84-85,89H,6-7,9,11-13,15,17-19,21,23-25,27,29-31,33,35-37,39,41,44,47,49,51-76,78,80-83H2,1-5H3,(H-,87,90,91,92)/p+1/b10-8-,16-14-,22-20-,28-26-,34-32-,40-38-,43-42-,46-45-,50-48-,79-77+. The molecule has 3 unspecified atom stereocenters. The van der Waals surface area contributed by atoms with Crippen molar-refractivity contribution in [2.24, 2.45) is 0 Å². The van der Waals surface area contributed by atoms with E-state index in [1.165, 1.54) is 250 Å².